The van der Waals surface area contributed by atoms with Gasteiger partial charge in [-0.05, 0) is 24.2 Å². The summed E-state index contributed by atoms with van der Waals surface area (Å²) < 4.78 is 9.69. The molecule has 2 N–H and O–H groups in total. The van der Waals surface area contributed by atoms with Crippen molar-refractivity contribution in [1.29, 1.82) is 0 Å². The Kier molecular flexibility index (Phi) is 4.79. The number of rotatable bonds is 5. The molecule has 1 aromatic rings. The first kappa shape index (κ1) is 12.5. The highest BCUT2D eigenvalue weighted by molar-refractivity contribution is 5.70. The largest absolute Gasteiger partial charge is 0.497 e. The Bertz CT molecular complexity index is 335. The summed E-state index contributed by atoms with van der Waals surface area (Å²) >= 11 is 0. The van der Waals surface area contributed by atoms with Gasteiger partial charge in [0.15, 0.2) is 0 Å². The van der Waals surface area contributed by atoms with Crippen molar-refractivity contribution in [1.82, 2.24) is 0 Å². The maximum atomic E-state index is 11.2. The normalized spacial score (nSPS) is 11.9. The van der Waals surface area contributed by atoms with Crippen molar-refractivity contribution in [3.8, 4) is 5.75 Å². The molecule has 0 bridgehead atoms. The van der Waals surface area contributed by atoms with Gasteiger partial charge in [-0.3, -0.25) is 4.79 Å². The van der Waals surface area contributed by atoms with Gasteiger partial charge in [0.1, 0.15) is 5.75 Å². The molecular weight excluding hydrogens is 206 g/mol. The van der Waals surface area contributed by atoms with E-state index in [0.717, 1.165) is 11.3 Å². The number of carbonyl (C=O) groups excluding carboxylic acids is 1. The van der Waals surface area contributed by atoms with Crippen LogP contribution in [0.1, 0.15) is 17.9 Å². The second-order valence-electron chi connectivity index (χ2n) is 3.49. The minimum atomic E-state index is -0.244. The number of nitrogens with two attached hydrogens (primary N) is 1. The number of ether oxygens (including phenoxy) is 2. The molecule has 0 aromatic heterocycles. The molecule has 0 saturated carbocycles. The van der Waals surface area contributed by atoms with Gasteiger partial charge in [-0.15, -0.1) is 0 Å². The highest BCUT2D eigenvalue weighted by atomic mass is 16.5. The summed E-state index contributed by atoms with van der Waals surface area (Å²) in [6.07, 6.45) is 0.305. The van der Waals surface area contributed by atoms with Gasteiger partial charge in [-0.1, -0.05) is 12.1 Å². The number of carbonyl (C=O) groups is 1. The van der Waals surface area contributed by atoms with Crippen LogP contribution < -0.4 is 10.5 Å². The molecule has 0 saturated heterocycles. The molecule has 1 aromatic carbocycles. The molecule has 16 heavy (non-hydrogen) atoms. The summed E-state index contributed by atoms with van der Waals surface area (Å²) in [7, 11) is 2.99. The summed E-state index contributed by atoms with van der Waals surface area (Å²) in [6, 6.07) is 7.54. The average molecular weight is 223 g/mol. The van der Waals surface area contributed by atoms with Crippen LogP contribution in [0.2, 0.25) is 0 Å². The van der Waals surface area contributed by atoms with Crippen molar-refractivity contribution in [3.63, 3.8) is 0 Å². The van der Waals surface area contributed by atoms with Crippen LogP contribution in [-0.4, -0.2) is 26.7 Å². The lowest BCUT2D eigenvalue weighted by atomic mass is 9.96. The van der Waals surface area contributed by atoms with E-state index >= 15 is 0 Å². The predicted molar refractivity (Wildman–Crippen MR) is 61.4 cm³/mol. The quantitative estimate of drug-likeness (QED) is 0.764. The Labute approximate surface area is 95.3 Å². The number of benzene rings is 1. The maximum Gasteiger partial charge on any atom is 0.306 e. The standard InChI is InChI=1S/C12H17NO3/c1-15-11-5-3-9(4-6-11)10(8-13)7-12(14)16-2/h3-6,10H,7-8,13H2,1-2H3/t10-/m0/s1. The Morgan fingerprint density at radius 2 is 1.94 bits per heavy atom. The summed E-state index contributed by atoms with van der Waals surface area (Å²) in [6.45, 7) is 0.418. The van der Waals surface area contributed by atoms with Crippen LogP contribution in [0.25, 0.3) is 0 Å². The fraction of sp³-hybridized carbons (Fsp3) is 0.417. The molecule has 0 aliphatic heterocycles. The summed E-state index contributed by atoms with van der Waals surface area (Å²) in [5.74, 6) is 0.544. The zero-order chi connectivity index (χ0) is 12.0. The van der Waals surface area contributed by atoms with Crippen molar-refractivity contribution in [3.05, 3.63) is 29.8 Å². The predicted octanol–water partition coefficient (Wildman–Crippen LogP) is 1.30. The molecular formula is C12H17NO3. The van der Waals surface area contributed by atoms with Crippen molar-refractivity contribution >= 4 is 5.97 Å². The average Bonchev–Trinajstić information content (AvgIpc) is 2.35. The van der Waals surface area contributed by atoms with E-state index in [4.69, 9.17) is 10.5 Å². The van der Waals surface area contributed by atoms with Gasteiger partial charge in [0.25, 0.3) is 0 Å². The van der Waals surface area contributed by atoms with Crippen LogP contribution in [0.4, 0.5) is 0 Å². The van der Waals surface area contributed by atoms with Crippen molar-refractivity contribution in [2.24, 2.45) is 5.73 Å². The Morgan fingerprint density at radius 1 is 1.31 bits per heavy atom. The molecule has 0 aliphatic carbocycles. The first-order valence-corrected chi connectivity index (χ1v) is 5.12. The SMILES string of the molecule is COC(=O)C[C@@H](CN)c1ccc(OC)cc1. The van der Waals surface area contributed by atoms with Crippen LogP contribution in [0.5, 0.6) is 5.75 Å². The Morgan fingerprint density at radius 3 is 2.38 bits per heavy atom. The van der Waals surface area contributed by atoms with Crippen LogP contribution >= 0.6 is 0 Å². The second kappa shape index (κ2) is 6.12. The summed E-state index contributed by atoms with van der Waals surface area (Å²) in [5.41, 5.74) is 6.66. The number of hydrogen-bond acceptors (Lipinski definition) is 4. The molecule has 0 amide bonds. The van der Waals surface area contributed by atoms with Gasteiger partial charge in [-0.25, -0.2) is 0 Å². The molecule has 0 fully saturated rings. The zero-order valence-corrected chi connectivity index (χ0v) is 9.60. The molecule has 88 valence electrons. The van der Waals surface area contributed by atoms with Crippen LogP contribution in [0, 0.1) is 0 Å². The van der Waals surface area contributed by atoms with Crippen molar-refractivity contribution in [2.45, 2.75) is 12.3 Å². The second-order valence-corrected chi connectivity index (χ2v) is 3.49. The lowest BCUT2D eigenvalue weighted by Gasteiger charge is -2.14. The van der Waals surface area contributed by atoms with Gasteiger partial charge in [0.2, 0.25) is 0 Å². The Balaban J connectivity index is 2.74. The van der Waals surface area contributed by atoms with Gasteiger partial charge < -0.3 is 15.2 Å². The smallest absolute Gasteiger partial charge is 0.306 e. The molecule has 0 heterocycles. The Hall–Kier alpha value is -1.55. The third-order valence-electron chi connectivity index (χ3n) is 2.51. The topological polar surface area (TPSA) is 61.5 Å². The minimum absolute atomic E-state index is 0.00152. The molecule has 4 nitrogen and oxygen atoms in total. The monoisotopic (exact) mass is 223 g/mol. The van der Waals surface area contributed by atoms with Gasteiger partial charge >= 0.3 is 5.97 Å². The lowest BCUT2D eigenvalue weighted by molar-refractivity contribution is -0.141. The van der Waals surface area contributed by atoms with Crippen LogP contribution in [0.15, 0.2) is 24.3 Å². The third-order valence-corrected chi connectivity index (χ3v) is 2.51. The number of esters is 1. The van der Waals surface area contributed by atoms with E-state index in [1.54, 1.807) is 7.11 Å². The van der Waals surface area contributed by atoms with E-state index in [2.05, 4.69) is 4.74 Å². The molecule has 0 spiro atoms. The minimum Gasteiger partial charge on any atom is -0.497 e. The van der Waals surface area contributed by atoms with E-state index in [1.807, 2.05) is 24.3 Å². The van der Waals surface area contributed by atoms with E-state index in [0.29, 0.717) is 13.0 Å². The molecule has 0 unspecified atom stereocenters. The number of methoxy groups -OCH3 is 2. The van der Waals surface area contributed by atoms with E-state index in [-0.39, 0.29) is 11.9 Å². The van der Waals surface area contributed by atoms with Gasteiger partial charge in [0, 0.05) is 5.92 Å². The zero-order valence-electron chi connectivity index (χ0n) is 9.60. The summed E-state index contributed by atoms with van der Waals surface area (Å²) in [4.78, 5) is 11.2. The number of hydrogen-bond donors (Lipinski definition) is 1. The molecule has 1 rings (SSSR count). The highest BCUT2D eigenvalue weighted by Gasteiger charge is 2.14. The molecule has 1 atom stereocenters. The fourth-order valence-electron chi connectivity index (χ4n) is 1.50. The first-order valence-electron chi connectivity index (χ1n) is 5.12. The fourth-order valence-corrected chi connectivity index (χ4v) is 1.50. The van der Waals surface area contributed by atoms with Crippen LogP contribution in [0.3, 0.4) is 0 Å². The van der Waals surface area contributed by atoms with Gasteiger partial charge in [-0.2, -0.15) is 0 Å². The molecule has 0 aliphatic rings. The first-order chi connectivity index (χ1) is 7.71. The van der Waals surface area contributed by atoms with E-state index in [1.165, 1.54) is 7.11 Å². The molecule has 0 radical (unpaired) electrons. The summed E-state index contributed by atoms with van der Waals surface area (Å²) in [5, 5.41) is 0. The molecule has 4 heteroatoms. The third kappa shape index (κ3) is 3.24. The van der Waals surface area contributed by atoms with Crippen LogP contribution in [-0.2, 0) is 9.53 Å². The highest BCUT2D eigenvalue weighted by Crippen LogP contribution is 2.21. The van der Waals surface area contributed by atoms with Crippen molar-refractivity contribution in [2.75, 3.05) is 20.8 Å². The van der Waals surface area contributed by atoms with Gasteiger partial charge in [0.05, 0.1) is 20.6 Å². The maximum absolute atomic E-state index is 11.2. The van der Waals surface area contributed by atoms with E-state index < -0.39 is 0 Å². The van der Waals surface area contributed by atoms with Crippen molar-refractivity contribution < 1.29 is 14.3 Å². The lowest BCUT2D eigenvalue weighted by Crippen LogP contribution is -2.17. The van der Waals surface area contributed by atoms with E-state index in [9.17, 15) is 4.79 Å².